The molecule has 1 rings (SSSR count). The molecule has 13 heavy (non-hydrogen) atoms. The van der Waals surface area contributed by atoms with Gasteiger partial charge in [0.25, 0.3) is 0 Å². The van der Waals surface area contributed by atoms with Crippen molar-refractivity contribution >= 4 is 5.78 Å². The molecule has 0 aliphatic rings. The van der Waals surface area contributed by atoms with Gasteiger partial charge in [-0.3, -0.25) is 4.79 Å². The first-order valence-electron chi connectivity index (χ1n) is 3.90. The molecule has 70 valence electrons. The molecule has 0 amide bonds. The van der Waals surface area contributed by atoms with Gasteiger partial charge in [0.15, 0.2) is 5.78 Å². The molecule has 0 spiro atoms. The lowest BCUT2D eigenvalue weighted by molar-refractivity contribution is -0.118. The molecular formula is C9H11FN2O. The summed E-state index contributed by atoms with van der Waals surface area (Å²) < 4.78 is 12.6. The minimum Gasteiger partial charge on any atom is -0.318 e. The van der Waals surface area contributed by atoms with Gasteiger partial charge in [-0.05, 0) is 31.0 Å². The van der Waals surface area contributed by atoms with E-state index >= 15 is 0 Å². The fourth-order valence-electron chi connectivity index (χ4n) is 1.08. The van der Waals surface area contributed by atoms with Gasteiger partial charge in [-0.25, -0.2) is 4.98 Å². The number of carbonyl (C=O) groups is 1. The van der Waals surface area contributed by atoms with Crippen molar-refractivity contribution in [2.24, 2.45) is 5.73 Å². The normalized spacial score (nSPS) is 12.6. The van der Waals surface area contributed by atoms with Crippen LogP contribution in [0.15, 0.2) is 12.3 Å². The average Bonchev–Trinajstić information content (AvgIpc) is 2.03. The van der Waals surface area contributed by atoms with E-state index in [4.69, 9.17) is 5.73 Å². The zero-order valence-electron chi connectivity index (χ0n) is 7.54. The van der Waals surface area contributed by atoms with Gasteiger partial charge < -0.3 is 5.73 Å². The summed E-state index contributed by atoms with van der Waals surface area (Å²) in [6.45, 7) is 3.09. The van der Waals surface area contributed by atoms with Crippen LogP contribution >= 0.6 is 0 Å². The average molecular weight is 182 g/mol. The number of pyridine rings is 1. The zero-order chi connectivity index (χ0) is 10.0. The lowest BCUT2D eigenvalue weighted by Gasteiger charge is -2.10. The molecule has 1 unspecified atom stereocenters. The molecular weight excluding hydrogens is 171 g/mol. The lowest BCUT2D eigenvalue weighted by Crippen LogP contribution is -2.20. The molecule has 0 aliphatic heterocycles. The molecule has 0 radical (unpaired) electrons. The maximum atomic E-state index is 12.6. The number of ketones is 1. The number of carbonyl (C=O) groups excluding carboxylic acids is 1. The molecule has 0 saturated carbocycles. The lowest BCUT2D eigenvalue weighted by atomic mass is 10.0. The second-order valence-corrected chi connectivity index (χ2v) is 2.95. The Hall–Kier alpha value is -1.29. The molecule has 4 heteroatoms. The van der Waals surface area contributed by atoms with Crippen LogP contribution in [0.25, 0.3) is 0 Å². The monoisotopic (exact) mass is 182 g/mol. The Morgan fingerprint density at radius 1 is 1.69 bits per heavy atom. The van der Waals surface area contributed by atoms with E-state index in [2.05, 4.69) is 4.98 Å². The third-order valence-electron chi connectivity index (χ3n) is 1.89. The van der Waals surface area contributed by atoms with Crippen LogP contribution in [0.1, 0.15) is 24.1 Å². The number of nitrogens with zero attached hydrogens (tertiary/aromatic N) is 1. The van der Waals surface area contributed by atoms with E-state index < -0.39 is 12.0 Å². The zero-order valence-corrected chi connectivity index (χ0v) is 7.54. The summed E-state index contributed by atoms with van der Waals surface area (Å²) in [5, 5.41) is 0. The molecule has 1 atom stereocenters. The van der Waals surface area contributed by atoms with Crippen molar-refractivity contribution in [3.05, 3.63) is 29.3 Å². The third-order valence-corrected chi connectivity index (χ3v) is 1.89. The Morgan fingerprint density at radius 3 is 2.77 bits per heavy atom. The Kier molecular flexibility index (Phi) is 2.72. The molecule has 1 aromatic heterocycles. The quantitative estimate of drug-likeness (QED) is 0.697. The summed E-state index contributed by atoms with van der Waals surface area (Å²) >= 11 is 0. The maximum absolute atomic E-state index is 12.6. The van der Waals surface area contributed by atoms with E-state index in [0.29, 0.717) is 11.1 Å². The molecule has 0 saturated heterocycles. The topological polar surface area (TPSA) is 56.0 Å². The first kappa shape index (κ1) is 9.80. The summed E-state index contributed by atoms with van der Waals surface area (Å²) in [5.41, 5.74) is 6.80. The van der Waals surface area contributed by atoms with Gasteiger partial charge in [0.2, 0.25) is 5.95 Å². The van der Waals surface area contributed by atoms with Crippen molar-refractivity contribution in [1.82, 2.24) is 4.98 Å². The minimum absolute atomic E-state index is 0.156. The largest absolute Gasteiger partial charge is 0.318 e. The van der Waals surface area contributed by atoms with Crippen molar-refractivity contribution in [2.75, 3.05) is 0 Å². The Balaban J connectivity index is 3.08. The fraction of sp³-hybridized carbons (Fsp3) is 0.333. The molecule has 0 aliphatic carbocycles. The number of Topliss-reactive ketones (excluding diaryl/α,β-unsaturated/α-hetero) is 1. The summed E-state index contributed by atoms with van der Waals surface area (Å²) in [4.78, 5) is 14.4. The Bertz CT molecular complexity index is 338. The van der Waals surface area contributed by atoms with Crippen LogP contribution in [0.3, 0.4) is 0 Å². The molecule has 2 N–H and O–H groups in total. The summed E-state index contributed by atoms with van der Waals surface area (Å²) in [5.74, 6) is -0.714. The molecule has 0 bridgehead atoms. The number of rotatable bonds is 2. The standard InChI is InChI=1S/C9H11FN2O/c1-5-3-8(10)12-4-7(5)9(11)6(2)13/h3-4,9H,11H2,1-2H3. The van der Waals surface area contributed by atoms with Gasteiger partial charge in [-0.15, -0.1) is 0 Å². The van der Waals surface area contributed by atoms with Gasteiger partial charge in [0, 0.05) is 6.20 Å². The highest BCUT2D eigenvalue weighted by atomic mass is 19.1. The van der Waals surface area contributed by atoms with Crippen LogP contribution in [-0.2, 0) is 4.79 Å². The molecule has 1 heterocycles. The summed E-state index contributed by atoms with van der Waals surface area (Å²) in [6, 6.07) is 0.561. The highest BCUT2D eigenvalue weighted by Gasteiger charge is 2.14. The number of aromatic nitrogens is 1. The van der Waals surface area contributed by atoms with E-state index in [-0.39, 0.29) is 5.78 Å². The van der Waals surface area contributed by atoms with Gasteiger partial charge in [0.05, 0.1) is 6.04 Å². The van der Waals surface area contributed by atoms with Crippen molar-refractivity contribution in [2.45, 2.75) is 19.9 Å². The van der Waals surface area contributed by atoms with Crippen LogP contribution in [0.2, 0.25) is 0 Å². The van der Waals surface area contributed by atoms with E-state index in [1.807, 2.05) is 0 Å². The maximum Gasteiger partial charge on any atom is 0.213 e. The predicted molar refractivity (Wildman–Crippen MR) is 46.5 cm³/mol. The number of aryl methyl sites for hydroxylation is 1. The van der Waals surface area contributed by atoms with Crippen molar-refractivity contribution in [3.63, 3.8) is 0 Å². The van der Waals surface area contributed by atoms with Crippen LogP contribution in [-0.4, -0.2) is 10.8 Å². The van der Waals surface area contributed by atoms with Gasteiger partial charge in [-0.1, -0.05) is 0 Å². The number of hydrogen-bond donors (Lipinski definition) is 1. The van der Waals surface area contributed by atoms with Crippen molar-refractivity contribution < 1.29 is 9.18 Å². The number of halogens is 1. The van der Waals surface area contributed by atoms with Crippen LogP contribution < -0.4 is 5.73 Å². The van der Waals surface area contributed by atoms with E-state index in [0.717, 1.165) is 0 Å². The van der Waals surface area contributed by atoms with Crippen molar-refractivity contribution in [1.29, 1.82) is 0 Å². The number of nitrogens with two attached hydrogens (primary N) is 1. The predicted octanol–water partition coefficient (Wildman–Crippen LogP) is 1.12. The first-order valence-corrected chi connectivity index (χ1v) is 3.90. The first-order chi connectivity index (χ1) is 6.02. The van der Waals surface area contributed by atoms with Gasteiger partial charge >= 0.3 is 0 Å². The third kappa shape index (κ3) is 2.09. The number of hydrogen-bond acceptors (Lipinski definition) is 3. The van der Waals surface area contributed by atoms with E-state index in [1.54, 1.807) is 6.92 Å². The van der Waals surface area contributed by atoms with Crippen molar-refractivity contribution in [3.8, 4) is 0 Å². The smallest absolute Gasteiger partial charge is 0.213 e. The van der Waals surface area contributed by atoms with Crippen LogP contribution in [0.4, 0.5) is 4.39 Å². The molecule has 0 fully saturated rings. The van der Waals surface area contributed by atoms with Crippen LogP contribution in [0.5, 0.6) is 0 Å². The summed E-state index contributed by atoms with van der Waals surface area (Å²) in [7, 11) is 0. The van der Waals surface area contributed by atoms with Gasteiger partial charge in [-0.2, -0.15) is 4.39 Å². The van der Waals surface area contributed by atoms with Gasteiger partial charge in [0.1, 0.15) is 0 Å². The Morgan fingerprint density at radius 2 is 2.31 bits per heavy atom. The Labute approximate surface area is 75.8 Å². The summed E-state index contributed by atoms with van der Waals surface area (Å²) in [6.07, 6.45) is 1.30. The second-order valence-electron chi connectivity index (χ2n) is 2.95. The van der Waals surface area contributed by atoms with E-state index in [9.17, 15) is 9.18 Å². The molecule has 1 aromatic rings. The fourth-order valence-corrected chi connectivity index (χ4v) is 1.08. The molecule has 0 aromatic carbocycles. The highest BCUT2D eigenvalue weighted by molar-refractivity contribution is 5.82. The SMILES string of the molecule is CC(=O)C(N)c1cnc(F)cc1C. The van der Waals surface area contributed by atoms with Crippen LogP contribution in [0, 0.1) is 12.9 Å². The highest BCUT2D eigenvalue weighted by Crippen LogP contribution is 2.15. The van der Waals surface area contributed by atoms with E-state index in [1.165, 1.54) is 19.2 Å². The second kappa shape index (κ2) is 3.62. The molecule has 3 nitrogen and oxygen atoms in total. The minimum atomic E-state index is -0.701.